The highest BCUT2D eigenvalue weighted by Gasteiger charge is 2.39. The topological polar surface area (TPSA) is 34.1 Å². The molecule has 2 atom stereocenters. The van der Waals surface area contributed by atoms with E-state index in [9.17, 15) is 8.42 Å². The van der Waals surface area contributed by atoms with Gasteiger partial charge in [0.1, 0.15) is 0 Å². The van der Waals surface area contributed by atoms with E-state index in [2.05, 4.69) is 15.9 Å². The zero-order valence-electron chi connectivity index (χ0n) is 11.2. The maximum Gasteiger partial charge on any atom is 0.179 e. The number of benzene rings is 2. The van der Waals surface area contributed by atoms with Gasteiger partial charge >= 0.3 is 0 Å². The average Bonchev–Trinajstić information content (AvgIpc) is 2.73. The van der Waals surface area contributed by atoms with E-state index in [1.807, 2.05) is 36.4 Å². The summed E-state index contributed by atoms with van der Waals surface area (Å²) < 4.78 is 25.6. The minimum atomic E-state index is -3.20. The van der Waals surface area contributed by atoms with E-state index in [4.69, 9.17) is 11.6 Å². The van der Waals surface area contributed by atoms with Gasteiger partial charge in [0, 0.05) is 22.2 Å². The van der Waals surface area contributed by atoms with Crippen molar-refractivity contribution in [1.82, 2.24) is 0 Å². The van der Waals surface area contributed by atoms with Crippen LogP contribution in [0.25, 0.3) is 0 Å². The minimum Gasteiger partial charge on any atom is -0.224 e. The van der Waals surface area contributed by atoms with Crippen LogP contribution >= 0.6 is 27.5 Å². The molecule has 0 aromatic heterocycles. The maximum absolute atomic E-state index is 12.3. The lowest BCUT2D eigenvalue weighted by Gasteiger charge is -2.22. The van der Waals surface area contributed by atoms with Crippen molar-refractivity contribution in [3.63, 3.8) is 0 Å². The summed E-state index contributed by atoms with van der Waals surface area (Å²) in [7, 11) is -3.20. The van der Waals surface area contributed by atoms with Crippen LogP contribution in [0.3, 0.4) is 0 Å². The van der Waals surface area contributed by atoms with Gasteiger partial charge in [-0.3, -0.25) is 0 Å². The zero-order valence-corrected chi connectivity index (χ0v) is 14.3. The third kappa shape index (κ3) is 2.77. The fourth-order valence-electron chi connectivity index (χ4n) is 2.99. The second-order valence-electron chi connectivity index (χ2n) is 5.24. The first kappa shape index (κ1) is 15.1. The van der Waals surface area contributed by atoms with E-state index < -0.39 is 9.84 Å². The molecule has 2 aromatic rings. The average molecular weight is 386 g/mol. The van der Waals surface area contributed by atoms with Crippen molar-refractivity contribution in [2.45, 2.75) is 16.7 Å². The summed E-state index contributed by atoms with van der Waals surface area (Å²) in [5.41, 5.74) is 1.96. The van der Waals surface area contributed by atoms with Crippen LogP contribution < -0.4 is 0 Å². The molecule has 0 saturated carbocycles. The second-order valence-corrected chi connectivity index (χ2v) is 8.47. The fraction of sp³-hybridized carbons (Fsp3) is 0.250. The first-order chi connectivity index (χ1) is 10.0. The molecule has 0 spiro atoms. The van der Waals surface area contributed by atoms with Crippen molar-refractivity contribution < 1.29 is 8.42 Å². The third-order valence-corrected chi connectivity index (χ3v) is 6.65. The monoisotopic (exact) mass is 384 g/mol. The molecule has 0 aliphatic carbocycles. The van der Waals surface area contributed by atoms with E-state index in [1.54, 1.807) is 12.1 Å². The first-order valence-corrected chi connectivity index (χ1v) is 9.64. The summed E-state index contributed by atoms with van der Waals surface area (Å²) in [4.78, 5) is 0.458. The summed E-state index contributed by atoms with van der Waals surface area (Å²) in [5, 5.41) is 0. The van der Waals surface area contributed by atoms with Gasteiger partial charge < -0.3 is 0 Å². The Morgan fingerprint density at radius 1 is 1.19 bits per heavy atom. The molecule has 0 bridgehead atoms. The van der Waals surface area contributed by atoms with E-state index in [0.29, 0.717) is 10.8 Å². The SMILES string of the molecule is O=S1(=O)CC(C(CCl)c2cccc(Br)c2)c2ccccc21. The molecule has 2 aromatic carbocycles. The number of sulfone groups is 1. The maximum atomic E-state index is 12.3. The van der Waals surface area contributed by atoms with Gasteiger partial charge in [0.15, 0.2) is 9.84 Å². The number of rotatable bonds is 3. The largest absolute Gasteiger partial charge is 0.224 e. The van der Waals surface area contributed by atoms with E-state index in [0.717, 1.165) is 15.6 Å². The standard InChI is InChI=1S/C16H14BrClO2S/c17-12-5-3-4-11(8-12)14(9-18)15-10-21(19,20)16-7-2-1-6-13(15)16/h1-8,14-15H,9-10H2. The fourth-order valence-corrected chi connectivity index (χ4v) is 5.72. The molecular weight excluding hydrogens is 372 g/mol. The van der Waals surface area contributed by atoms with Crippen LogP contribution in [0.5, 0.6) is 0 Å². The molecule has 5 heteroatoms. The molecule has 1 aliphatic rings. The van der Waals surface area contributed by atoms with E-state index in [1.165, 1.54) is 0 Å². The van der Waals surface area contributed by atoms with Gasteiger partial charge in [-0.1, -0.05) is 46.3 Å². The van der Waals surface area contributed by atoms with Crippen LogP contribution in [-0.4, -0.2) is 20.1 Å². The van der Waals surface area contributed by atoms with Crippen LogP contribution in [0.2, 0.25) is 0 Å². The highest BCUT2D eigenvalue weighted by atomic mass is 79.9. The molecule has 2 unspecified atom stereocenters. The summed E-state index contributed by atoms with van der Waals surface area (Å²) >= 11 is 9.64. The van der Waals surface area contributed by atoms with Crippen LogP contribution in [-0.2, 0) is 9.84 Å². The quantitative estimate of drug-likeness (QED) is 0.736. The highest BCUT2D eigenvalue weighted by molar-refractivity contribution is 9.10. The number of hydrogen-bond donors (Lipinski definition) is 0. The van der Waals surface area contributed by atoms with Crippen molar-refractivity contribution in [3.05, 3.63) is 64.1 Å². The van der Waals surface area contributed by atoms with Gasteiger partial charge in [-0.25, -0.2) is 8.42 Å². The van der Waals surface area contributed by atoms with Gasteiger partial charge in [0.25, 0.3) is 0 Å². The van der Waals surface area contributed by atoms with Gasteiger partial charge in [-0.15, -0.1) is 11.6 Å². The van der Waals surface area contributed by atoms with Crippen LogP contribution in [0.4, 0.5) is 0 Å². The van der Waals surface area contributed by atoms with E-state index >= 15 is 0 Å². The summed E-state index contributed by atoms with van der Waals surface area (Å²) in [6.45, 7) is 0. The molecule has 0 saturated heterocycles. The normalized spacial score (nSPS) is 21.0. The number of halogens is 2. The summed E-state index contributed by atoms with van der Waals surface area (Å²) in [6.07, 6.45) is 0. The molecular formula is C16H14BrClO2S. The lowest BCUT2D eigenvalue weighted by molar-refractivity contribution is 0.588. The lowest BCUT2D eigenvalue weighted by atomic mass is 9.84. The molecule has 21 heavy (non-hydrogen) atoms. The van der Waals surface area contributed by atoms with Crippen molar-refractivity contribution in [2.75, 3.05) is 11.6 Å². The Morgan fingerprint density at radius 2 is 1.95 bits per heavy atom. The Morgan fingerprint density at radius 3 is 2.67 bits per heavy atom. The van der Waals surface area contributed by atoms with Crippen molar-refractivity contribution >= 4 is 37.4 Å². The van der Waals surface area contributed by atoms with Crippen LogP contribution in [0.1, 0.15) is 23.0 Å². The summed E-state index contributed by atoms with van der Waals surface area (Å²) in [5.74, 6) is 0.432. The van der Waals surface area contributed by atoms with Gasteiger partial charge in [0.05, 0.1) is 10.6 Å². The smallest absolute Gasteiger partial charge is 0.179 e. The van der Waals surface area contributed by atoms with Crippen LogP contribution in [0.15, 0.2) is 57.9 Å². The zero-order chi connectivity index (χ0) is 15.0. The van der Waals surface area contributed by atoms with Crippen molar-refractivity contribution in [1.29, 1.82) is 0 Å². The molecule has 1 aliphatic heterocycles. The Balaban J connectivity index is 2.08. The Labute approximate surface area is 138 Å². The molecule has 3 rings (SSSR count). The lowest BCUT2D eigenvalue weighted by Crippen LogP contribution is -2.15. The molecule has 110 valence electrons. The molecule has 1 heterocycles. The number of fused-ring (bicyclic) bond motifs is 1. The van der Waals surface area contributed by atoms with Gasteiger partial charge in [-0.05, 0) is 29.3 Å². The molecule has 0 amide bonds. The molecule has 0 radical (unpaired) electrons. The van der Waals surface area contributed by atoms with Crippen molar-refractivity contribution in [2.24, 2.45) is 0 Å². The molecule has 2 nitrogen and oxygen atoms in total. The minimum absolute atomic E-state index is 0.0115. The predicted octanol–water partition coefficient (Wildman–Crippen LogP) is 4.34. The third-order valence-electron chi connectivity index (χ3n) is 3.98. The predicted molar refractivity (Wildman–Crippen MR) is 88.8 cm³/mol. The second kappa shape index (κ2) is 5.75. The highest BCUT2D eigenvalue weighted by Crippen LogP contribution is 2.44. The summed E-state index contributed by atoms with van der Waals surface area (Å²) in [6, 6.07) is 15.2. The molecule has 0 fully saturated rings. The Kier molecular flexibility index (Phi) is 4.12. The number of alkyl halides is 1. The van der Waals surface area contributed by atoms with Gasteiger partial charge in [-0.2, -0.15) is 0 Å². The van der Waals surface area contributed by atoms with E-state index in [-0.39, 0.29) is 17.6 Å². The van der Waals surface area contributed by atoms with Gasteiger partial charge in [0.2, 0.25) is 0 Å². The Hall–Kier alpha value is -0.840. The molecule has 0 N–H and O–H groups in total. The first-order valence-electron chi connectivity index (χ1n) is 6.66. The Bertz CT molecular complexity index is 773. The van der Waals surface area contributed by atoms with Crippen LogP contribution in [0, 0.1) is 0 Å². The number of hydrogen-bond acceptors (Lipinski definition) is 2. The van der Waals surface area contributed by atoms with Crippen molar-refractivity contribution in [3.8, 4) is 0 Å².